The largest absolute Gasteiger partial charge is 0.326 e. The quantitative estimate of drug-likeness (QED) is 0.877. The lowest BCUT2D eigenvalue weighted by Crippen LogP contribution is -2.46. The van der Waals surface area contributed by atoms with Crippen molar-refractivity contribution in [2.75, 3.05) is 38.0 Å². The molecule has 3 rings (SSSR count). The highest BCUT2D eigenvalue weighted by Gasteiger charge is 2.17. The first-order chi connectivity index (χ1) is 12.2. The molecule has 0 radical (unpaired) electrons. The van der Waals surface area contributed by atoms with Crippen molar-refractivity contribution in [3.05, 3.63) is 66.0 Å². The molecule has 1 fully saturated rings. The molecule has 1 aliphatic heterocycles. The van der Waals surface area contributed by atoms with Crippen molar-refractivity contribution in [1.29, 1.82) is 0 Å². The van der Waals surface area contributed by atoms with Gasteiger partial charge in [0.1, 0.15) is 5.82 Å². The number of halogens is 1. The number of amides is 1. The van der Waals surface area contributed by atoms with Crippen LogP contribution in [0.25, 0.3) is 0 Å². The Labute approximate surface area is 148 Å². The van der Waals surface area contributed by atoms with E-state index in [0.717, 1.165) is 39.3 Å². The molecule has 1 amide bonds. The van der Waals surface area contributed by atoms with Crippen LogP contribution in [0.1, 0.15) is 12.0 Å². The highest BCUT2D eigenvalue weighted by molar-refractivity contribution is 5.90. The molecule has 4 nitrogen and oxygen atoms in total. The third-order valence-electron chi connectivity index (χ3n) is 4.48. The minimum atomic E-state index is -0.340. The fourth-order valence-corrected chi connectivity index (χ4v) is 3.06. The molecule has 2 aromatic rings. The Balaban J connectivity index is 1.37. The standard InChI is InChI=1S/C20H24FN3O/c21-18-7-4-8-19(15-18)22-20(25)9-10-23-11-13-24(14-12-23)16-17-5-2-1-3-6-17/h1-8,15H,9-14,16H2,(H,22,25). The summed E-state index contributed by atoms with van der Waals surface area (Å²) in [5.74, 6) is -0.412. The maximum atomic E-state index is 13.1. The van der Waals surface area contributed by atoms with E-state index in [-0.39, 0.29) is 11.7 Å². The number of carbonyl (C=O) groups is 1. The summed E-state index contributed by atoms with van der Waals surface area (Å²) in [6.07, 6.45) is 0.426. The second-order valence-corrected chi connectivity index (χ2v) is 6.41. The van der Waals surface area contributed by atoms with Crippen LogP contribution >= 0.6 is 0 Å². The molecule has 5 heteroatoms. The minimum absolute atomic E-state index is 0.0719. The second-order valence-electron chi connectivity index (χ2n) is 6.41. The first-order valence-electron chi connectivity index (χ1n) is 8.73. The first kappa shape index (κ1) is 17.6. The Morgan fingerprint density at radius 1 is 0.960 bits per heavy atom. The Morgan fingerprint density at radius 2 is 1.68 bits per heavy atom. The molecule has 0 aromatic heterocycles. The van der Waals surface area contributed by atoms with E-state index in [1.54, 1.807) is 12.1 Å². The Morgan fingerprint density at radius 3 is 2.40 bits per heavy atom. The summed E-state index contributed by atoms with van der Waals surface area (Å²) in [6.45, 7) is 5.69. The Kier molecular flexibility index (Phi) is 6.14. The normalized spacial score (nSPS) is 15.9. The third kappa shape index (κ3) is 5.66. The van der Waals surface area contributed by atoms with Crippen molar-refractivity contribution in [3.8, 4) is 0 Å². The van der Waals surface area contributed by atoms with Gasteiger partial charge in [-0.05, 0) is 23.8 Å². The summed E-state index contributed by atoms with van der Waals surface area (Å²) in [7, 11) is 0. The number of nitrogens with zero attached hydrogens (tertiary/aromatic N) is 2. The van der Waals surface area contributed by atoms with Gasteiger partial charge in [-0.15, -0.1) is 0 Å². The number of rotatable bonds is 6. The third-order valence-corrected chi connectivity index (χ3v) is 4.48. The van der Waals surface area contributed by atoms with Gasteiger partial charge in [-0.2, -0.15) is 0 Å². The summed E-state index contributed by atoms with van der Waals surface area (Å²) >= 11 is 0. The molecule has 2 aromatic carbocycles. The van der Waals surface area contributed by atoms with E-state index >= 15 is 0 Å². The van der Waals surface area contributed by atoms with Gasteiger partial charge in [-0.3, -0.25) is 9.69 Å². The molecule has 1 aliphatic rings. The highest BCUT2D eigenvalue weighted by Crippen LogP contribution is 2.11. The Bertz CT molecular complexity index is 684. The predicted octanol–water partition coefficient (Wildman–Crippen LogP) is 2.97. The van der Waals surface area contributed by atoms with Gasteiger partial charge in [0.25, 0.3) is 0 Å². The van der Waals surface area contributed by atoms with Crippen LogP contribution in [-0.2, 0) is 11.3 Å². The SMILES string of the molecule is O=C(CCN1CCN(Cc2ccccc2)CC1)Nc1cccc(F)c1. The maximum Gasteiger partial charge on any atom is 0.225 e. The van der Waals surface area contributed by atoms with Crippen molar-refractivity contribution in [1.82, 2.24) is 9.80 Å². The smallest absolute Gasteiger partial charge is 0.225 e. The molecule has 0 saturated carbocycles. The van der Waals surface area contributed by atoms with E-state index in [4.69, 9.17) is 0 Å². The summed E-state index contributed by atoms with van der Waals surface area (Å²) in [5.41, 5.74) is 1.85. The van der Waals surface area contributed by atoms with E-state index in [1.165, 1.54) is 17.7 Å². The van der Waals surface area contributed by atoms with Crippen LogP contribution in [0.5, 0.6) is 0 Å². The summed E-state index contributed by atoms with van der Waals surface area (Å²) in [4.78, 5) is 16.8. The molecule has 132 valence electrons. The number of benzene rings is 2. The van der Waals surface area contributed by atoms with Gasteiger partial charge in [0.05, 0.1) is 0 Å². The van der Waals surface area contributed by atoms with Gasteiger partial charge < -0.3 is 10.2 Å². The summed E-state index contributed by atoms with van der Waals surface area (Å²) in [5, 5.41) is 2.75. The van der Waals surface area contributed by atoms with E-state index in [9.17, 15) is 9.18 Å². The van der Waals surface area contributed by atoms with Crippen LogP contribution in [0.15, 0.2) is 54.6 Å². The fourth-order valence-electron chi connectivity index (χ4n) is 3.06. The lowest BCUT2D eigenvalue weighted by Gasteiger charge is -2.34. The van der Waals surface area contributed by atoms with Gasteiger partial charge in [0.2, 0.25) is 5.91 Å². The molecule has 25 heavy (non-hydrogen) atoms. The highest BCUT2D eigenvalue weighted by atomic mass is 19.1. The van der Waals surface area contributed by atoms with E-state index in [1.807, 2.05) is 6.07 Å². The lowest BCUT2D eigenvalue weighted by molar-refractivity contribution is -0.116. The number of hydrogen-bond acceptors (Lipinski definition) is 3. The zero-order valence-corrected chi connectivity index (χ0v) is 14.3. The van der Waals surface area contributed by atoms with Crippen LogP contribution in [0.4, 0.5) is 10.1 Å². The van der Waals surface area contributed by atoms with E-state index in [2.05, 4.69) is 39.4 Å². The number of piperazine rings is 1. The van der Waals surface area contributed by atoms with Crippen LogP contribution in [0.2, 0.25) is 0 Å². The van der Waals surface area contributed by atoms with Gasteiger partial charge in [0, 0.05) is 51.4 Å². The van der Waals surface area contributed by atoms with Gasteiger partial charge in [0.15, 0.2) is 0 Å². The molecule has 0 atom stereocenters. The zero-order valence-electron chi connectivity index (χ0n) is 14.3. The number of carbonyl (C=O) groups excluding carboxylic acids is 1. The minimum Gasteiger partial charge on any atom is -0.326 e. The lowest BCUT2D eigenvalue weighted by atomic mass is 10.2. The van der Waals surface area contributed by atoms with Crippen LogP contribution in [0, 0.1) is 5.82 Å². The monoisotopic (exact) mass is 341 g/mol. The fraction of sp³-hybridized carbons (Fsp3) is 0.350. The molecular formula is C20H24FN3O. The Hall–Kier alpha value is -2.24. The second kappa shape index (κ2) is 8.74. The molecule has 1 N–H and O–H groups in total. The summed E-state index contributed by atoms with van der Waals surface area (Å²) in [6, 6.07) is 16.5. The van der Waals surface area contributed by atoms with Crippen LogP contribution in [0.3, 0.4) is 0 Å². The molecule has 0 unspecified atom stereocenters. The molecule has 0 spiro atoms. The van der Waals surface area contributed by atoms with E-state index in [0.29, 0.717) is 12.1 Å². The van der Waals surface area contributed by atoms with Gasteiger partial charge in [-0.25, -0.2) is 4.39 Å². The molecule has 0 bridgehead atoms. The average Bonchev–Trinajstić information content (AvgIpc) is 2.62. The molecule has 1 heterocycles. The first-order valence-corrected chi connectivity index (χ1v) is 8.73. The molecule has 0 aliphatic carbocycles. The maximum absolute atomic E-state index is 13.1. The van der Waals surface area contributed by atoms with E-state index < -0.39 is 0 Å². The van der Waals surface area contributed by atoms with Crippen molar-refractivity contribution in [2.45, 2.75) is 13.0 Å². The van der Waals surface area contributed by atoms with Crippen molar-refractivity contribution in [3.63, 3.8) is 0 Å². The number of anilines is 1. The summed E-state index contributed by atoms with van der Waals surface area (Å²) < 4.78 is 13.1. The van der Waals surface area contributed by atoms with Crippen LogP contribution in [-0.4, -0.2) is 48.4 Å². The molecule has 1 saturated heterocycles. The van der Waals surface area contributed by atoms with Crippen molar-refractivity contribution in [2.24, 2.45) is 0 Å². The predicted molar refractivity (Wildman–Crippen MR) is 97.8 cm³/mol. The zero-order chi connectivity index (χ0) is 17.5. The number of hydrogen-bond donors (Lipinski definition) is 1. The molecular weight excluding hydrogens is 317 g/mol. The van der Waals surface area contributed by atoms with Crippen molar-refractivity contribution < 1.29 is 9.18 Å². The van der Waals surface area contributed by atoms with Crippen LogP contribution < -0.4 is 5.32 Å². The number of nitrogens with one attached hydrogen (secondary N) is 1. The topological polar surface area (TPSA) is 35.6 Å². The van der Waals surface area contributed by atoms with Crippen molar-refractivity contribution >= 4 is 11.6 Å². The van der Waals surface area contributed by atoms with Gasteiger partial charge >= 0.3 is 0 Å². The average molecular weight is 341 g/mol. The van der Waals surface area contributed by atoms with Gasteiger partial charge in [-0.1, -0.05) is 36.4 Å².